The van der Waals surface area contributed by atoms with Crippen molar-refractivity contribution in [3.63, 3.8) is 0 Å². The number of carbonyl (C=O) groups excluding carboxylic acids is 1. The van der Waals surface area contributed by atoms with E-state index in [0.29, 0.717) is 37.1 Å². The Morgan fingerprint density at radius 3 is 2.49 bits per heavy atom. The lowest BCUT2D eigenvalue weighted by Gasteiger charge is -2.37. The van der Waals surface area contributed by atoms with Crippen LogP contribution in [0.15, 0.2) is 41.8 Å². The zero-order valence-electron chi connectivity index (χ0n) is 24.8. The summed E-state index contributed by atoms with van der Waals surface area (Å²) in [4.78, 5) is 33.7. The Balaban J connectivity index is 1.13. The summed E-state index contributed by atoms with van der Waals surface area (Å²) in [6.07, 6.45) is 3.94. The first kappa shape index (κ1) is 29.2. The summed E-state index contributed by atoms with van der Waals surface area (Å²) in [5.74, 6) is 1.26. The van der Waals surface area contributed by atoms with Gasteiger partial charge in [-0.15, -0.1) is 11.3 Å². The molecule has 2 aliphatic heterocycles. The normalized spacial score (nSPS) is 21.9. The van der Waals surface area contributed by atoms with Gasteiger partial charge in [-0.1, -0.05) is 17.7 Å². The number of aliphatic carboxylic acids is 1. The van der Waals surface area contributed by atoms with Gasteiger partial charge in [0.25, 0.3) is 5.91 Å². The Morgan fingerprint density at radius 1 is 1.07 bits per heavy atom. The second kappa shape index (κ2) is 12.4. The highest BCUT2D eigenvalue weighted by atomic mass is 32.1. The summed E-state index contributed by atoms with van der Waals surface area (Å²) >= 11 is 1.64. The van der Waals surface area contributed by atoms with Gasteiger partial charge in [0.15, 0.2) is 5.13 Å². The highest BCUT2D eigenvalue weighted by Crippen LogP contribution is 2.46. The fourth-order valence-corrected chi connectivity index (χ4v) is 7.92. The van der Waals surface area contributed by atoms with E-state index in [-0.39, 0.29) is 24.2 Å². The predicted molar refractivity (Wildman–Crippen MR) is 166 cm³/mol. The number of fused-ring (bicyclic) bond motifs is 2. The maximum Gasteiger partial charge on any atom is 0.303 e. The second-order valence-electron chi connectivity index (χ2n) is 12.4. The molecular formula is C34H38N4O4S. The molecule has 1 aliphatic carbocycles. The molecule has 3 aliphatic rings. The topological polar surface area (TPSA) is 107 Å². The minimum atomic E-state index is -0.688. The molecule has 1 amide bonds. The lowest BCUT2D eigenvalue weighted by molar-refractivity contribution is -0.138. The first-order valence-electron chi connectivity index (χ1n) is 15.2. The third kappa shape index (κ3) is 6.25. The van der Waals surface area contributed by atoms with Crippen LogP contribution in [0, 0.1) is 48.9 Å². The number of aromatic nitrogens is 1. The number of hydrogen-bond donors (Lipinski definition) is 1. The molecule has 3 fully saturated rings. The van der Waals surface area contributed by atoms with Crippen LogP contribution in [0.5, 0.6) is 5.75 Å². The standard InChI is InChI=1S/C34H38N4O4S/c1-21-3-8-31(42-19-27-7-4-24(14-22(27)2)33(41)37-11-9-23(16-35)10-12-37)29(13-21)30-20-43-34(36-30)38-17-25-5-6-26(18-38)28(25)15-32(39)40/h3-4,7-8,13-14,20,23,25-26,28H,5-6,9-12,15,17-19H2,1-2H3,(H,39,40)/t25-,26+,28?. The van der Waals surface area contributed by atoms with Gasteiger partial charge >= 0.3 is 5.97 Å². The highest BCUT2D eigenvalue weighted by Gasteiger charge is 2.43. The van der Waals surface area contributed by atoms with Crippen molar-refractivity contribution in [2.75, 3.05) is 31.1 Å². The molecule has 3 aromatic rings. The number of carboxylic acid groups (broad SMARTS) is 1. The molecule has 1 saturated carbocycles. The van der Waals surface area contributed by atoms with Crippen LogP contribution in [-0.4, -0.2) is 53.0 Å². The summed E-state index contributed by atoms with van der Waals surface area (Å²) in [6, 6.07) is 14.3. The third-order valence-corrected chi connectivity index (χ3v) is 10.5. The van der Waals surface area contributed by atoms with Crippen LogP contribution in [0.1, 0.15) is 59.2 Å². The number of rotatable bonds is 8. The molecule has 0 spiro atoms. The molecule has 224 valence electrons. The van der Waals surface area contributed by atoms with Gasteiger partial charge in [-0.3, -0.25) is 9.59 Å². The van der Waals surface area contributed by atoms with Gasteiger partial charge in [0, 0.05) is 55.0 Å². The third-order valence-electron chi connectivity index (χ3n) is 9.55. The molecule has 3 atom stereocenters. The average Bonchev–Trinajstić information content (AvgIpc) is 3.57. The van der Waals surface area contributed by atoms with E-state index in [1.807, 2.05) is 42.2 Å². The van der Waals surface area contributed by atoms with Crippen molar-refractivity contribution < 1.29 is 19.4 Å². The number of anilines is 1. The van der Waals surface area contributed by atoms with Crippen LogP contribution < -0.4 is 9.64 Å². The maximum absolute atomic E-state index is 13.1. The molecule has 9 heteroatoms. The van der Waals surface area contributed by atoms with Crippen molar-refractivity contribution in [2.24, 2.45) is 23.7 Å². The van der Waals surface area contributed by atoms with Crippen LogP contribution >= 0.6 is 11.3 Å². The zero-order chi connectivity index (χ0) is 30.1. The van der Waals surface area contributed by atoms with Crippen LogP contribution in [-0.2, 0) is 11.4 Å². The van der Waals surface area contributed by atoms with Crippen LogP contribution in [0.4, 0.5) is 5.13 Å². The largest absolute Gasteiger partial charge is 0.488 e. The number of ether oxygens (including phenoxy) is 1. The van der Waals surface area contributed by atoms with Gasteiger partial charge in [-0.2, -0.15) is 5.26 Å². The summed E-state index contributed by atoms with van der Waals surface area (Å²) < 4.78 is 6.37. The molecule has 1 N–H and O–H groups in total. The Hall–Kier alpha value is -3.90. The Bertz CT molecular complexity index is 1540. The van der Waals surface area contributed by atoms with Gasteiger partial charge in [0.2, 0.25) is 0 Å². The van der Waals surface area contributed by atoms with Crippen molar-refractivity contribution in [3.8, 4) is 23.1 Å². The van der Waals surface area contributed by atoms with Crippen LogP contribution in [0.2, 0.25) is 0 Å². The highest BCUT2D eigenvalue weighted by molar-refractivity contribution is 7.14. The molecule has 1 aromatic heterocycles. The summed E-state index contributed by atoms with van der Waals surface area (Å²) in [5, 5.41) is 21.6. The van der Waals surface area contributed by atoms with Gasteiger partial charge in [0.05, 0.1) is 11.8 Å². The van der Waals surface area contributed by atoms with Gasteiger partial charge in [0.1, 0.15) is 12.4 Å². The van der Waals surface area contributed by atoms with E-state index in [0.717, 1.165) is 77.6 Å². The number of carbonyl (C=O) groups is 2. The molecule has 3 heterocycles. The zero-order valence-corrected chi connectivity index (χ0v) is 25.6. The number of likely N-dealkylation sites (tertiary alicyclic amines) is 1. The van der Waals surface area contributed by atoms with Gasteiger partial charge in [-0.05, 0) is 92.7 Å². The molecule has 43 heavy (non-hydrogen) atoms. The lowest BCUT2D eigenvalue weighted by atomic mass is 9.83. The molecule has 6 rings (SSSR count). The van der Waals surface area contributed by atoms with Crippen molar-refractivity contribution in [2.45, 2.75) is 52.6 Å². The quantitative estimate of drug-likeness (QED) is 0.323. The fourth-order valence-electron chi connectivity index (χ4n) is 7.07. The van der Waals surface area contributed by atoms with E-state index in [2.05, 4.69) is 29.3 Å². The van der Waals surface area contributed by atoms with E-state index in [9.17, 15) is 14.7 Å². The molecular weight excluding hydrogens is 560 g/mol. The fraction of sp³-hybridized carbons (Fsp3) is 0.471. The molecule has 2 aromatic carbocycles. The van der Waals surface area contributed by atoms with Crippen LogP contribution in [0.25, 0.3) is 11.3 Å². The summed E-state index contributed by atoms with van der Waals surface area (Å²) in [7, 11) is 0. The maximum atomic E-state index is 13.1. The number of piperidine rings is 2. The van der Waals surface area contributed by atoms with E-state index in [4.69, 9.17) is 15.0 Å². The number of amides is 1. The molecule has 2 saturated heterocycles. The van der Waals surface area contributed by atoms with Gasteiger partial charge in [-0.25, -0.2) is 4.98 Å². The van der Waals surface area contributed by atoms with E-state index < -0.39 is 5.97 Å². The molecule has 8 nitrogen and oxygen atoms in total. The van der Waals surface area contributed by atoms with E-state index in [1.54, 1.807) is 11.3 Å². The van der Waals surface area contributed by atoms with Crippen molar-refractivity contribution >= 4 is 28.3 Å². The lowest BCUT2D eigenvalue weighted by Crippen LogP contribution is -2.42. The first-order chi connectivity index (χ1) is 20.8. The number of nitrogens with zero attached hydrogens (tertiary/aromatic N) is 4. The predicted octanol–water partition coefficient (Wildman–Crippen LogP) is 6.32. The van der Waals surface area contributed by atoms with Gasteiger partial charge < -0.3 is 19.6 Å². The number of aryl methyl sites for hydroxylation is 2. The smallest absolute Gasteiger partial charge is 0.303 e. The number of nitriles is 1. The molecule has 2 bridgehead atoms. The monoisotopic (exact) mass is 598 g/mol. The minimum Gasteiger partial charge on any atom is -0.488 e. The number of benzene rings is 2. The Morgan fingerprint density at radius 2 is 1.81 bits per heavy atom. The summed E-state index contributed by atoms with van der Waals surface area (Å²) in [5.41, 5.74) is 5.66. The minimum absolute atomic E-state index is 0.0197. The van der Waals surface area contributed by atoms with E-state index in [1.165, 1.54) is 0 Å². The summed E-state index contributed by atoms with van der Waals surface area (Å²) in [6.45, 7) is 7.44. The number of hydrogen-bond acceptors (Lipinski definition) is 7. The number of thiazole rings is 1. The van der Waals surface area contributed by atoms with E-state index >= 15 is 0 Å². The van der Waals surface area contributed by atoms with Crippen LogP contribution in [0.3, 0.4) is 0 Å². The van der Waals surface area contributed by atoms with Crippen molar-refractivity contribution in [1.29, 1.82) is 5.26 Å². The first-order valence-corrected chi connectivity index (χ1v) is 16.1. The number of carboxylic acids is 1. The molecule has 1 unspecified atom stereocenters. The Kier molecular flexibility index (Phi) is 8.40. The average molecular weight is 599 g/mol. The van der Waals surface area contributed by atoms with Crippen molar-refractivity contribution in [3.05, 3.63) is 64.0 Å². The second-order valence-corrected chi connectivity index (χ2v) is 13.2. The Labute approximate surface area is 256 Å². The van der Waals surface area contributed by atoms with Crippen molar-refractivity contribution in [1.82, 2.24) is 9.88 Å². The molecule has 0 radical (unpaired) electrons. The SMILES string of the molecule is Cc1ccc(OCc2ccc(C(=O)N3CCC(C#N)CC3)cc2C)c(-c2csc(N3C[C@H]4CC[C@@H](C3)C4CC(=O)O)n2)c1.